The van der Waals surface area contributed by atoms with E-state index in [1.54, 1.807) is 6.20 Å². The molecule has 0 amide bonds. The molecule has 1 aromatic heterocycles. The van der Waals surface area contributed by atoms with Gasteiger partial charge in [0.2, 0.25) is 0 Å². The molecule has 5 heteroatoms. The first kappa shape index (κ1) is 11.1. The number of nitrogens with zero attached hydrogens (tertiary/aromatic N) is 3. The van der Waals surface area contributed by atoms with Gasteiger partial charge in [0, 0.05) is 19.3 Å². The van der Waals surface area contributed by atoms with Crippen molar-refractivity contribution in [2.45, 2.75) is 19.2 Å². The Bertz CT molecular complexity index is 362. The van der Waals surface area contributed by atoms with Crippen LogP contribution < -0.4 is 4.90 Å². The van der Waals surface area contributed by atoms with Crippen molar-refractivity contribution in [2.75, 3.05) is 18.0 Å². The largest absolute Gasteiger partial charge is 0.354 e. The summed E-state index contributed by atoms with van der Waals surface area (Å²) in [6.45, 7) is 5.88. The molecule has 2 rings (SSSR count). The number of alkyl halides is 1. The minimum absolute atomic E-state index is 0.215. The highest BCUT2D eigenvalue weighted by Crippen LogP contribution is 2.30. The third-order valence-corrected chi connectivity index (χ3v) is 3.79. The SMILES string of the molecule is Cc1ncc(Br)c(N2CC(C)C(Cl)C2)n1. The zero-order valence-corrected chi connectivity index (χ0v) is 11.1. The fourth-order valence-electron chi connectivity index (χ4n) is 1.77. The number of aryl methyl sites for hydroxylation is 1. The van der Waals surface area contributed by atoms with Crippen LogP contribution in [0, 0.1) is 12.8 Å². The Morgan fingerprint density at radius 1 is 1.53 bits per heavy atom. The summed E-state index contributed by atoms with van der Waals surface area (Å²) in [6, 6.07) is 0. The summed E-state index contributed by atoms with van der Waals surface area (Å²) in [7, 11) is 0. The average molecular weight is 291 g/mol. The molecule has 1 aliphatic rings. The summed E-state index contributed by atoms with van der Waals surface area (Å²) < 4.78 is 0.936. The number of anilines is 1. The van der Waals surface area contributed by atoms with Gasteiger partial charge >= 0.3 is 0 Å². The van der Waals surface area contributed by atoms with E-state index in [0.29, 0.717) is 5.92 Å². The predicted molar refractivity (Wildman–Crippen MR) is 65.5 cm³/mol. The van der Waals surface area contributed by atoms with Crippen molar-refractivity contribution >= 4 is 33.3 Å². The molecule has 0 saturated carbocycles. The van der Waals surface area contributed by atoms with Crippen molar-refractivity contribution in [3.05, 3.63) is 16.5 Å². The van der Waals surface area contributed by atoms with Crippen molar-refractivity contribution in [2.24, 2.45) is 5.92 Å². The first-order valence-corrected chi connectivity index (χ1v) is 6.19. The molecule has 1 aliphatic heterocycles. The van der Waals surface area contributed by atoms with Gasteiger partial charge in [-0.25, -0.2) is 9.97 Å². The monoisotopic (exact) mass is 289 g/mol. The van der Waals surface area contributed by atoms with Crippen LogP contribution in [0.4, 0.5) is 5.82 Å². The fraction of sp³-hybridized carbons (Fsp3) is 0.600. The maximum atomic E-state index is 6.20. The molecular formula is C10H13BrClN3. The third kappa shape index (κ3) is 2.26. The highest BCUT2D eigenvalue weighted by molar-refractivity contribution is 9.10. The molecule has 1 saturated heterocycles. The maximum absolute atomic E-state index is 6.20. The van der Waals surface area contributed by atoms with Crippen LogP contribution in [0.2, 0.25) is 0 Å². The summed E-state index contributed by atoms with van der Waals surface area (Å²) in [5.74, 6) is 2.25. The van der Waals surface area contributed by atoms with E-state index in [4.69, 9.17) is 11.6 Å². The van der Waals surface area contributed by atoms with E-state index in [9.17, 15) is 0 Å². The Labute approximate surface area is 103 Å². The standard InChI is InChI=1S/C10H13BrClN3/c1-6-4-15(5-9(6)12)10-8(11)3-13-7(2)14-10/h3,6,9H,4-5H2,1-2H3. The molecule has 3 nitrogen and oxygen atoms in total. The number of hydrogen-bond donors (Lipinski definition) is 0. The third-order valence-electron chi connectivity index (χ3n) is 2.67. The zero-order valence-electron chi connectivity index (χ0n) is 8.74. The minimum Gasteiger partial charge on any atom is -0.354 e. The van der Waals surface area contributed by atoms with Gasteiger partial charge in [-0.1, -0.05) is 6.92 Å². The van der Waals surface area contributed by atoms with Crippen LogP contribution in [0.15, 0.2) is 10.7 Å². The number of halogens is 2. The lowest BCUT2D eigenvalue weighted by Gasteiger charge is -2.18. The maximum Gasteiger partial charge on any atom is 0.146 e. The molecule has 1 aromatic rings. The Balaban J connectivity index is 2.27. The lowest BCUT2D eigenvalue weighted by atomic mass is 10.2. The van der Waals surface area contributed by atoms with Crippen molar-refractivity contribution in [1.29, 1.82) is 0 Å². The second-order valence-corrected chi connectivity index (χ2v) is 5.40. The van der Waals surface area contributed by atoms with Gasteiger partial charge in [0.05, 0.1) is 9.85 Å². The quantitative estimate of drug-likeness (QED) is 0.745. The van der Waals surface area contributed by atoms with E-state index in [-0.39, 0.29) is 5.38 Å². The lowest BCUT2D eigenvalue weighted by Crippen LogP contribution is -2.22. The van der Waals surface area contributed by atoms with Gasteiger partial charge < -0.3 is 4.90 Å². The molecule has 2 unspecified atom stereocenters. The minimum atomic E-state index is 0.215. The van der Waals surface area contributed by atoms with E-state index >= 15 is 0 Å². The zero-order chi connectivity index (χ0) is 11.0. The Morgan fingerprint density at radius 3 is 2.87 bits per heavy atom. The van der Waals surface area contributed by atoms with Gasteiger partial charge in [0.25, 0.3) is 0 Å². The highest BCUT2D eigenvalue weighted by Gasteiger charge is 2.29. The summed E-state index contributed by atoms with van der Waals surface area (Å²) in [6.07, 6.45) is 1.80. The van der Waals surface area contributed by atoms with Crippen LogP contribution in [-0.2, 0) is 0 Å². The first-order valence-electron chi connectivity index (χ1n) is 4.96. The average Bonchev–Trinajstić information content (AvgIpc) is 2.51. The van der Waals surface area contributed by atoms with Crippen LogP contribution in [0.3, 0.4) is 0 Å². The second-order valence-electron chi connectivity index (χ2n) is 3.99. The molecule has 2 heterocycles. The van der Waals surface area contributed by atoms with Gasteiger partial charge in [-0.3, -0.25) is 0 Å². The van der Waals surface area contributed by atoms with E-state index in [2.05, 4.69) is 37.7 Å². The summed E-state index contributed by atoms with van der Waals surface area (Å²) >= 11 is 9.67. The Morgan fingerprint density at radius 2 is 2.27 bits per heavy atom. The van der Waals surface area contributed by atoms with Gasteiger partial charge in [0.1, 0.15) is 11.6 Å². The van der Waals surface area contributed by atoms with Crippen molar-refractivity contribution < 1.29 is 0 Å². The molecule has 0 N–H and O–H groups in total. The second kappa shape index (κ2) is 4.26. The normalized spacial score (nSPS) is 26.0. The van der Waals surface area contributed by atoms with Crippen LogP contribution in [0.25, 0.3) is 0 Å². The smallest absolute Gasteiger partial charge is 0.146 e. The molecule has 0 spiro atoms. The van der Waals surface area contributed by atoms with E-state index in [0.717, 1.165) is 29.2 Å². The summed E-state index contributed by atoms with van der Waals surface area (Å²) in [5, 5.41) is 0.215. The fourth-order valence-corrected chi connectivity index (χ4v) is 2.45. The molecule has 15 heavy (non-hydrogen) atoms. The Hall–Kier alpha value is -0.350. The first-order chi connectivity index (χ1) is 7.08. The molecule has 82 valence electrons. The van der Waals surface area contributed by atoms with E-state index in [1.807, 2.05) is 6.92 Å². The van der Waals surface area contributed by atoms with Crippen molar-refractivity contribution in [3.8, 4) is 0 Å². The van der Waals surface area contributed by atoms with Gasteiger partial charge in [-0.15, -0.1) is 11.6 Å². The van der Waals surface area contributed by atoms with Crippen LogP contribution in [0.1, 0.15) is 12.7 Å². The van der Waals surface area contributed by atoms with Gasteiger partial charge in [0.15, 0.2) is 0 Å². The van der Waals surface area contributed by atoms with Crippen molar-refractivity contribution in [1.82, 2.24) is 9.97 Å². The Kier molecular flexibility index (Phi) is 3.16. The molecule has 2 atom stereocenters. The molecule has 0 bridgehead atoms. The van der Waals surface area contributed by atoms with E-state index in [1.165, 1.54) is 0 Å². The lowest BCUT2D eigenvalue weighted by molar-refractivity contribution is 0.665. The molecule has 0 radical (unpaired) electrons. The topological polar surface area (TPSA) is 29.0 Å². The predicted octanol–water partition coefficient (Wildman–Crippen LogP) is 2.61. The number of rotatable bonds is 1. The highest BCUT2D eigenvalue weighted by atomic mass is 79.9. The molecule has 0 aliphatic carbocycles. The van der Waals surface area contributed by atoms with Gasteiger partial charge in [-0.05, 0) is 28.8 Å². The van der Waals surface area contributed by atoms with Crippen molar-refractivity contribution in [3.63, 3.8) is 0 Å². The van der Waals surface area contributed by atoms with Crippen LogP contribution >= 0.6 is 27.5 Å². The number of hydrogen-bond acceptors (Lipinski definition) is 3. The molecule has 1 fully saturated rings. The van der Waals surface area contributed by atoms with Crippen LogP contribution in [0.5, 0.6) is 0 Å². The molecular weight excluding hydrogens is 277 g/mol. The molecule has 0 aromatic carbocycles. The van der Waals surface area contributed by atoms with Gasteiger partial charge in [-0.2, -0.15) is 0 Å². The summed E-state index contributed by atoms with van der Waals surface area (Å²) in [4.78, 5) is 10.8. The van der Waals surface area contributed by atoms with E-state index < -0.39 is 0 Å². The summed E-state index contributed by atoms with van der Waals surface area (Å²) in [5.41, 5.74) is 0. The van der Waals surface area contributed by atoms with Crippen LogP contribution in [-0.4, -0.2) is 28.4 Å². The number of aromatic nitrogens is 2.